The van der Waals surface area contributed by atoms with Gasteiger partial charge in [0, 0.05) is 6.54 Å². The Balaban J connectivity index is 3.09. The molecule has 0 saturated carbocycles. The second kappa shape index (κ2) is 16.3. The third-order valence-corrected chi connectivity index (χ3v) is 6.23. The minimum atomic E-state index is -1.43. The van der Waals surface area contributed by atoms with Gasteiger partial charge in [0.05, 0.1) is 18.4 Å². The van der Waals surface area contributed by atoms with Crippen LogP contribution in [0.1, 0.15) is 72.6 Å². The smallest absolute Gasteiger partial charge is 0.408 e. The van der Waals surface area contributed by atoms with Crippen molar-refractivity contribution in [3.63, 3.8) is 0 Å². The average molecular weight is 583 g/mol. The van der Waals surface area contributed by atoms with Crippen LogP contribution in [0.4, 0.5) is 4.79 Å². The molecule has 1 heterocycles. The van der Waals surface area contributed by atoms with E-state index in [4.69, 9.17) is 15.9 Å². The van der Waals surface area contributed by atoms with Gasteiger partial charge in [-0.2, -0.15) is 0 Å². The first kappa shape index (κ1) is 35.0. The van der Waals surface area contributed by atoms with E-state index in [0.717, 1.165) is 0 Å². The Morgan fingerprint density at radius 2 is 1.78 bits per heavy atom. The number of hydrogen-bond acceptors (Lipinski definition) is 9. The predicted octanol–water partition coefficient (Wildman–Crippen LogP) is -0.155. The highest BCUT2D eigenvalue weighted by atomic mass is 16.6. The van der Waals surface area contributed by atoms with Crippen LogP contribution in [0.5, 0.6) is 0 Å². The second-order valence-electron chi connectivity index (χ2n) is 11.0. The summed E-state index contributed by atoms with van der Waals surface area (Å²) in [6.07, 6.45) is 1.63. The number of likely N-dealkylation sites (tertiary alicyclic amines) is 1. The number of aliphatic carboxylic acids is 1. The number of unbranched alkanes of at least 4 members (excludes halogenated alkanes) is 1. The van der Waals surface area contributed by atoms with Gasteiger partial charge in [-0.15, -0.1) is 0 Å². The first-order valence-corrected chi connectivity index (χ1v) is 13.5. The van der Waals surface area contributed by atoms with Crippen LogP contribution in [0.2, 0.25) is 0 Å². The number of carboxylic acid groups (broad SMARTS) is 1. The molecule has 1 aliphatic rings. The fourth-order valence-electron chi connectivity index (χ4n) is 4.20. The molecule has 1 unspecified atom stereocenters. The van der Waals surface area contributed by atoms with E-state index in [1.807, 2.05) is 0 Å². The molecule has 0 aromatic heterocycles. The van der Waals surface area contributed by atoms with Crippen molar-refractivity contribution in [1.29, 1.82) is 5.41 Å². The Morgan fingerprint density at radius 1 is 1.12 bits per heavy atom. The molecule has 5 amide bonds. The molecule has 0 spiro atoms. The van der Waals surface area contributed by atoms with Crippen LogP contribution in [-0.4, -0.2) is 94.5 Å². The van der Waals surface area contributed by atoms with Gasteiger partial charge in [0.2, 0.25) is 23.6 Å². The summed E-state index contributed by atoms with van der Waals surface area (Å²) in [4.78, 5) is 87.7. The van der Waals surface area contributed by atoms with Crippen LogP contribution in [0.15, 0.2) is 0 Å². The fourth-order valence-corrected chi connectivity index (χ4v) is 4.20. The molecule has 230 valence electrons. The number of carbonyl (C=O) groups is 7. The van der Waals surface area contributed by atoms with Crippen LogP contribution in [-0.2, 0) is 33.5 Å². The molecule has 5 atom stereocenters. The summed E-state index contributed by atoms with van der Waals surface area (Å²) in [6.45, 7) is 6.36. The summed E-state index contributed by atoms with van der Waals surface area (Å²) in [7, 11) is 0. The van der Waals surface area contributed by atoms with E-state index in [-0.39, 0.29) is 25.8 Å². The molecule has 1 aliphatic heterocycles. The van der Waals surface area contributed by atoms with Gasteiger partial charge in [-0.1, -0.05) is 6.92 Å². The van der Waals surface area contributed by atoms with Gasteiger partial charge in [0.25, 0.3) is 0 Å². The molecule has 41 heavy (non-hydrogen) atoms. The zero-order valence-electron chi connectivity index (χ0n) is 23.9. The Morgan fingerprint density at radius 3 is 2.32 bits per heavy atom. The third kappa shape index (κ3) is 12.3. The van der Waals surface area contributed by atoms with Crippen LogP contribution < -0.4 is 21.7 Å². The van der Waals surface area contributed by atoms with E-state index < -0.39 is 77.8 Å². The SMILES string of the molecule is CC(C[C@H](NC(=O)OC(C)(C)C)C(=O)N1CCC[C@H]1C(=O)N[C@@H](CC(N)=O)C(=O)N[C@H](C=O)CCCC=N)C(=O)O. The van der Waals surface area contributed by atoms with Gasteiger partial charge in [0.15, 0.2) is 0 Å². The Labute approximate surface area is 238 Å². The summed E-state index contributed by atoms with van der Waals surface area (Å²) in [6, 6.07) is -4.73. The summed E-state index contributed by atoms with van der Waals surface area (Å²) in [5.41, 5.74) is 4.38. The third-order valence-electron chi connectivity index (χ3n) is 6.23. The lowest BCUT2D eigenvalue weighted by Gasteiger charge is -2.31. The molecular weight excluding hydrogens is 540 g/mol. The average Bonchev–Trinajstić information content (AvgIpc) is 3.35. The van der Waals surface area contributed by atoms with Crippen LogP contribution in [0.3, 0.4) is 0 Å². The number of aldehydes is 1. The molecule has 0 aromatic rings. The van der Waals surface area contributed by atoms with Crippen molar-refractivity contribution >= 4 is 48.2 Å². The molecule has 1 rings (SSSR count). The molecule has 0 aromatic carbocycles. The van der Waals surface area contributed by atoms with Gasteiger partial charge < -0.3 is 46.6 Å². The van der Waals surface area contributed by atoms with E-state index in [9.17, 15) is 38.7 Å². The maximum atomic E-state index is 13.5. The number of nitrogens with zero attached hydrogens (tertiary/aromatic N) is 1. The van der Waals surface area contributed by atoms with Crippen molar-refractivity contribution in [3.05, 3.63) is 0 Å². The standard InChI is InChI=1S/C26H42N6O9/c1-15(24(38)39)12-18(31-25(40)41-26(2,3)4)23(37)32-11-7-9-19(32)22(36)30-17(13-20(28)34)21(35)29-16(14-33)8-5-6-10-27/h10,14-19,27H,5-9,11-13H2,1-4H3,(H2,28,34)(H,29,35)(H,30,36)(H,31,40)(H,38,39)/t15?,16-,17-,18-,19-/m0/s1. The Kier molecular flexibility index (Phi) is 13.9. The molecular formula is C26H42N6O9. The van der Waals surface area contributed by atoms with Gasteiger partial charge in [-0.3, -0.25) is 24.0 Å². The normalized spacial score (nSPS) is 17.8. The minimum absolute atomic E-state index is 0.123. The van der Waals surface area contributed by atoms with E-state index in [1.165, 1.54) is 18.0 Å². The number of primary amides is 1. The lowest BCUT2D eigenvalue weighted by molar-refractivity contribution is -0.144. The number of amides is 5. The van der Waals surface area contributed by atoms with Crippen molar-refractivity contribution in [3.8, 4) is 0 Å². The van der Waals surface area contributed by atoms with Crippen molar-refractivity contribution in [1.82, 2.24) is 20.9 Å². The Hall–Kier alpha value is -4.04. The van der Waals surface area contributed by atoms with Gasteiger partial charge in [0.1, 0.15) is 30.0 Å². The summed E-state index contributed by atoms with van der Waals surface area (Å²) in [5.74, 6) is -5.37. The van der Waals surface area contributed by atoms with Crippen molar-refractivity contribution < 1.29 is 43.4 Å². The van der Waals surface area contributed by atoms with E-state index in [0.29, 0.717) is 25.5 Å². The number of hydrogen-bond donors (Lipinski definition) is 6. The van der Waals surface area contributed by atoms with Crippen molar-refractivity contribution in [2.24, 2.45) is 11.7 Å². The quantitative estimate of drug-likeness (QED) is 0.0804. The fraction of sp³-hybridized carbons (Fsp3) is 0.692. The summed E-state index contributed by atoms with van der Waals surface area (Å²) < 4.78 is 5.21. The number of nitrogens with two attached hydrogens (primary N) is 1. The highest BCUT2D eigenvalue weighted by molar-refractivity contribution is 5.96. The van der Waals surface area contributed by atoms with Gasteiger partial charge >= 0.3 is 12.1 Å². The number of nitrogens with one attached hydrogen (secondary N) is 4. The lowest BCUT2D eigenvalue weighted by Crippen LogP contribution is -2.57. The maximum absolute atomic E-state index is 13.5. The summed E-state index contributed by atoms with van der Waals surface area (Å²) in [5, 5.41) is 23.7. The van der Waals surface area contributed by atoms with Crippen LogP contribution in [0, 0.1) is 11.3 Å². The highest BCUT2D eigenvalue weighted by Gasteiger charge is 2.40. The highest BCUT2D eigenvalue weighted by Crippen LogP contribution is 2.21. The molecule has 1 fully saturated rings. The number of carbonyl (C=O) groups excluding carboxylic acids is 6. The molecule has 0 bridgehead atoms. The van der Waals surface area contributed by atoms with Crippen molar-refractivity contribution in [2.75, 3.05) is 6.54 Å². The maximum Gasteiger partial charge on any atom is 0.408 e. The van der Waals surface area contributed by atoms with E-state index in [1.54, 1.807) is 20.8 Å². The first-order valence-electron chi connectivity index (χ1n) is 13.5. The predicted molar refractivity (Wildman–Crippen MR) is 146 cm³/mol. The van der Waals surface area contributed by atoms with Gasteiger partial charge in [-0.25, -0.2) is 4.79 Å². The topological polar surface area (TPSA) is 238 Å². The Bertz CT molecular complexity index is 996. The lowest BCUT2D eigenvalue weighted by atomic mass is 10.0. The molecule has 1 saturated heterocycles. The number of alkyl carbamates (subject to hydrolysis) is 1. The zero-order chi connectivity index (χ0) is 31.3. The van der Waals surface area contributed by atoms with E-state index >= 15 is 0 Å². The monoisotopic (exact) mass is 582 g/mol. The largest absolute Gasteiger partial charge is 0.481 e. The van der Waals surface area contributed by atoms with Gasteiger partial charge in [-0.05, 0) is 65.5 Å². The molecule has 0 aliphatic carbocycles. The van der Waals surface area contributed by atoms with Crippen LogP contribution in [0.25, 0.3) is 0 Å². The second-order valence-corrected chi connectivity index (χ2v) is 11.0. The number of carboxylic acids is 1. The molecule has 0 radical (unpaired) electrons. The summed E-state index contributed by atoms with van der Waals surface area (Å²) >= 11 is 0. The van der Waals surface area contributed by atoms with Crippen molar-refractivity contribution in [2.45, 2.75) is 102 Å². The first-order chi connectivity index (χ1) is 19.1. The number of ether oxygens (including phenoxy) is 1. The molecule has 15 nitrogen and oxygen atoms in total. The van der Waals surface area contributed by atoms with Crippen LogP contribution >= 0.6 is 0 Å². The molecule has 7 N–H and O–H groups in total. The zero-order valence-corrected chi connectivity index (χ0v) is 23.9. The van der Waals surface area contributed by atoms with E-state index in [2.05, 4.69) is 16.0 Å². The molecule has 15 heteroatoms. The number of rotatable bonds is 16. The minimum Gasteiger partial charge on any atom is -0.481 e.